The van der Waals surface area contributed by atoms with E-state index in [9.17, 15) is 0 Å². The third-order valence-electron chi connectivity index (χ3n) is 3.11. The molecule has 0 aliphatic carbocycles. The van der Waals surface area contributed by atoms with Gasteiger partial charge in [0.1, 0.15) is 11.5 Å². The molecular weight excluding hydrogens is 247 g/mol. The Kier molecular flexibility index (Phi) is 2.64. The van der Waals surface area contributed by atoms with Gasteiger partial charge in [0, 0.05) is 11.1 Å². The van der Waals surface area contributed by atoms with Gasteiger partial charge in [-0.05, 0) is 25.7 Å². The third-order valence-corrected chi connectivity index (χ3v) is 3.91. The van der Waals surface area contributed by atoms with Crippen LogP contribution in [0.4, 0.5) is 0 Å². The molecule has 1 aromatic carbocycles. The summed E-state index contributed by atoms with van der Waals surface area (Å²) < 4.78 is 11.3. The minimum Gasteiger partial charge on any atom is -0.492 e. The Morgan fingerprint density at radius 3 is 1.62 bits per heavy atom. The van der Waals surface area contributed by atoms with Crippen LogP contribution in [0.1, 0.15) is 24.0 Å². The van der Waals surface area contributed by atoms with E-state index in [0.29, 0.717) is 10.0 Å². The topological polar surface area (TPSA) is 18.5 Å². The largest absolute Gasteiger partial charge is 0.492 e. The lowest BCUT2D eigenvalue weighted by Gasteiger charge is -2.26. The van der Waals surface area contributed by atoms with E-state index in [1.165, 1.54) is 0 Å². The Morgan fingerprint density at radius 2 is 1.19 bits per heavy atom. The fourth-order valence-corrected chi connectivity index (χ4v) is 3.03. The molecule has 16 heavy (non-hydrogen) atoms. The second-order valence-electron chi connectivity index (χ2n) is 4.15. The summed E-state index contributed by atoms with van der Waals surface area (Å²) in [4.78, 5) is 0. The van der Waals surface area contributed by atoms with Gasteiger partial charge < -0.3 is 9.47 Å². The molecule has 2 nitrogen and oxygen atoms in total. The van der Waals surface area contributed by atoms with Crippen LogP contribution in [0.15, 0.2) is 0 Å². The van der Waals surface area contributed by atoms with Gasteiger partial charge in [-0.25, -0.2) is 0 Å². The van der Waals surface area contributed by atoms with E-state index in [1.54, 1.807) is 0 Å². The molecule has 0 aromatic heterocycles. The second kappa shape index (κ2) is 4.01. The van der Waals surface area contributed by atoms with E-state index in [-0.39, 0.29) is 0 Å². The Hall–Kier alpha value is -0.600. The number of rotatable bonds is 0. The van der Waals surface area contributed by atoms with Gasteiger partial charge in [-0.1, -0.05) is 23.2 Å². The molecule has 0 N–H and O–H groups in total. The molecule has 0 spiro atoms. The van der Waals surface area contributed by atoms with E-state index in [2.05, 4.69) is 0 Å². The average Bonchev–Trinajstić information content (AvgIpc) is 2.36. The van der Waals surface area contributed by atoms with Gasteiger partial charge in [0.25, 0.3) is 0 Å². The number of halogens is 2. The zero-order valence-electron chi connectivity index (χ0n) is 8.82. The average molecular weight is 259 g/mol. The van der Waals surface area contributed by atoms with Gasteiger partial charge in [0.2, 0.25) is 0 Å². The highest BCUT2D eigenvalue weighted by molar-refractivity contribution is 6.37. The molecule has 0 saturated heterocycles. The molecular formula is C12H12Cl2O2. The first kappa shape index (κ1) is 10.5. The monoisotopic (exact) mass is 258 g/mol. The Balaban J connectivity index is 2.24. The maximum absolute atomic E-state index is 6.35. The van der Waals surface area contributed by atoms with Gasteiger partial charge in [-0.15, -0.1) is 0 Å². The van der Waals surface area contributed by atoms with Crippen LogP contribution in [0.2, 0.25) is 10.0 Å². The van der Waals surface area contributed by atoms with Crippen molar-refractivity contribution >= 4 is 23.2 Å². The normalized spacial score (nSPS) is 18.1. The minimum atomic E-state index is 0.703. The number of ether oxygens (including phenoxy) is 2. The van der Waals surface area contributed by atoms with E-state index >= 15 is 0 Å². The molecule has 2 aliphatic rings. The van der Waals surface area contributed by atoms with Crippen molar-refractivity contribution in [1.29, 1.82) is 0 Å². The van der Waals surface area contributed by atoms with Crippen LogP contribution in [0.25, 0.3) is 0 Å². The molecule has 0 radical (unpaired) electrons. The van der Waals surface area contributed by atoms with Crippen LogP contribution in [-0.2, 0) is 12.8 Å². The lowest BCUT2D eigenvalue weighted by Crippen LogP contribution is -2.15. The highest BCUT2D eigenvalue weighted by atomic mass is 35.5. The maximum Gasteiger partial charge on any atom is 0.143 e. The standard InChI is InChI=1S/C12H12Cl2O2/c13-9-7-3-1-5-15-11(7)10(14)8-4-2-6-16-12(8)9/h1-6H2. The summed E-state index contributed by atoms with van der Waals surface area (Å²) in [5, 5.41) is 1.41. The quantitative estimate of drug-likeness (QED) is 0.708. The first-order valence-corrected chi connectivity index (χ1v) is 6.33. The van der Waals surface area contributed by atoms with E-state index in [4.69, 9.17) is 32.7 Å². The summed E-state index contributed by atoms with van der Waals surface area (Å²) >= 11 is 12.7. The molecule has 1 aromatic rings. The van der Waals surface area contributed by atoms with Crippen LogP contribution in [0.3, 0.4) is 0 Å². The Morgan fingerprint density at radius 1 is 0.750 bits per heavy atom. The fraction of sp³-hybridized carbons (Fsp3) is 0.500. The molecule has 0 atom stereocenters. The number of hydrogen-bond acceptors (Lipinski definition) is 2. The summed E-state index contributed by atoms with van der Waals surface area (Å²) in [7, 11) is 0. The first-order chi connectivity index (χ1) is 7.79. The van der Waals surface area contributed by atoms with Crippen LogP contribution >= 0.6 is 23.2 Å². The van der Waals surface area contributed by atoms with Gasteiger partial charge in [0.05, 0.1) is 23.3 Å². The number of hydrogen-bond donors (Lipinski definition) is 0. The van der Waals surface area contributed by atoms with Crippen molar-refractivity contribution in [3.05, 3.63) is 21.2 Å². The zero-order chi connectivity index (χ0) is 11.1. The van der Waals surface area contributed by atoms with E-state index in [0.717, 1.165) is 61.5 Å². The summed E-state index contributed by atoms with van der Waals surface area (Å²) in [6.45, 7) is 1.45. The van der Waals surface area contributed by atoms with Crippen molar-refractivity contribution < 1.29 is 9.47 Å². The van der Waals surface area contributed by atoms with Crippen molar-refractivity contribution in [3.63, 3.8) is 0 Å². The highest BCUT2D eigenvalue weighted by Crippen LogP contribution is 2.48. The smallest absolute Gasteiger partial charge is 0.143 e. The van der Waals surface area contributed by atoms with Crippen LogP contribution in [0.5, 0.6) is 11.5 Å². The summed E-state index contributed by atoms with van der Waals surface area (Å²) in [5.41, 5.74) is 2.03. The molecule has 0 unspecified atom stereocenters. The third kappa shape index (κ3) is 1.47. The fourth-order valence-electron chi connectivity index (χ4n) is 2.33. The highest BCUT2D eigenvalue weighted by Gasteiger charge is 2.27. The molecule has 2 heterocycles. The molecule has 0 amide bonds. The van der Waals surface area contributed by atoms with Crippen molar-refractivity contribution in [3.8, 4) is 11.5 Å². The molecule has 4 heteroatoms. The van der Waals surface area contributed by atoms with Crippen molar-refractivity contribution in [1.82, 2.24) is 0 Å². The van der Waals surface area contributed by atoms with Gasteiger partial charge in [0.15, 0.2) is 0 Å². The summed E-state index contributed by atoms with van der Waals surface area (Å²) in [6, 6.07) is 0. The molecule has 0 saturated carbocycles. The maximum atomic E-state index is 6.35. The van der Waals surface area contributed by atoms with Gasteiger partial charge in [-0.2, -0.15) is 0 Å². The van der Waals surface area contributed by atoms with Gasteiger partial charge >= 0.3 is 0 Å². The molecule has 0 bridgehead atoms. The SMILES string of the molecule is Clc1c2c(c(Cl)c3c1OCCC3)OCCC2. The molecule has 3 rings (SSSR count). The Labute approximate surface area is 104 Å². The van der Waals surface area contributed by atoms with Crippen molar-refractivity contribution in [2.45, 2.75) is 25.7 Å². The van der Waals surface area contributed by atoms with Crippen molar-refractivity contribution in [2.75, 3.05) is 13.2 Å². The zero-order valence-corrected chi connectivity index (χ0v) is 10.3. The first-order valence-electron chi connectivity index (χ1n) is 5.57. The number of benzene rings is 1. The summed E-state index contributed by atoms with van der Waals surface area (Å²) in [6.07, 6.45) is 3.82. The van der Waals surface area contributed by atoms with E-state index < -0.39 is 0 Å². The van der Waals surface area contributed by atoms with Crippen LogP contribution in [0, 0.1) is 0 Å². The predicted molar refractivity (Wildman–Crippen MR) is 64.1 cm³/mol. The van der Waals surface area contributed by atoms with E-state index in [1.807, 2.05) is 0 Å². The molecule has 2 aliphatic heterocycles. The Bertz CT molecular complexity index is 365. The predicted octanol–water partition coefficient (Wildman–Crippen LogP) is 3.64. The van der Waals surface area contributed by atoms with Gasteiger partial charge in [-0.3, -0.25) is 0 Å². The van der Waals surface area contributed by atoms with Crippen LogP contribution in [-0.4, -0.2) is 13.2 Å². The number of fused-ring (bicyclic) bond motifs is 2. The molecule has 86 valence electrons. The molecule has 0 fully saturated rings. The van der Waals surface area contributed by atoms with Crippen molar-refractivity contribution in [2.24, 2.45) is 0 Å². The summed E-state index contributed by atoms with van der Waals surface area (Å²) in [5.74, 6) is 1.56. The van der Waals surface area contributed by atoms with Crippen LogP contribution < -0.4 is 9.47 Å². The second-order valence-corrected chi connectivity index (χ2v) is 4.90. The lowest BCUT2D eigenvalue weighted by molar-refractivity contribution is 0.273. The minimum absolute atomic E-state index is 0.703. The lowest BCUT2D eigenvalue weighted by atomic mass is 9.99.